The second-order valence-corrected chi connectivity index (χ2v) is 8.10. The third-order valence-corrected chi connectivity index (χ3v) is 5.75. The van der Waals surface area contributed by atoms with Crippen molar-refractivity contribution < 1.29 is 33.5 Å². The van der Waals surface area contributed by atoms with Crippen molar-refractivity contribution in [2.24, 2.45) is 0 Å². The fraction of sp³-hybridized carbons (Fsp3) is 0.261. The van der Waals surface area contributed by atoms with Crippen LogP contribution in [-0.4, -0.2) is 46.7 Å². The Balaban J connectivity index is 1.73. The molecule has 10 nitrogen and oxygen atoms in total. The van der Waals surface area contributed by atoms with Crippen LogP contribution < -0.4 is 9.47 Å². The Morgan fingerprint density at radius 2 is 1.88 bits per heavy atom. The van der Waals surface area contributed by atoms with Gasteiger partial charge in [0.05, 0.1) is 23.5 Å². The Bertz CT molecular complexity index is 1150. The average Bonchev–Trinajstić information content (AvgIpc) is 3.10. The molecule has 0 spiro atoms. The lowest BCUT2D eigenvalue weighted by Crippen LogP contribution is -2.42. The Morgan fingerprint density at radius 1 is 1.18 bits per heavy atom. The van der Waals surface area contributed by atoms with Crippen molar-refractivity contribution in [1.29, 1.82) is 0 Å². The first-order chi connectivity index (χ1) is 16.2. The predicted octanol–water partition coefficient (Wildman–Crippen LogP) is 4.17. The number of amides is 2. The molecular formula is C23H22N2O8S. The molecule has 0 aliphatic carbocycles. The van der Waals surface area contributed by atoms with Gasteiger partial charge in [-0.2, -0.15) is 0 Å². The first-order valence-electron chi connectivity index (χ1n) is 10.2. The third-order valence-electron chi connectivity index (χ3n) is 4.87. The molecule has 0 unspecified atom stereocenters. The number of methoxy groups -OCH3 is 1. The molecule has 0 N–H and O–H groups in total. The van der Waals surface area contributed by atoms with E-state index in [1.807, 2.05) is 0 Å². The highest BCUT2D eigenvalue weighted by atomic mass is 32.2. The molecule has 1 fully saturated rings. The Hall–Kier alpha value is -3.86. The predicted molar refractivity (Wildman–Crippen MR) is 124 cm³/mol. The van der Waals surface area contributed by atoms with Gasteiger partial charge in [0.15, 0.2) is 11.5 Å². The van der Waals surface area contributed by atoms with Crippen LogP contribution in [-0.2, 0) is 20.9 Å². The van der Waals surface area contributed by atoms with E-state index in [1.165, 1.54) is 32.2 Å². The van der Waals surface area contributed by atoms with Gasteiger partial charge in [-0.3, -0.25) is 24.6 Å². The number of nitrogens with zero attached hydrogens (tertiary/aromatic N) is 2. The van der Waals surface area contributed by atoms with Crippen LogP contribution in [0, 0.1) is 10.1 Å². The van der Waals surface area contributed by atoms with Crippen LogP contribution in [0.3, 0.4) is 0 Å². The van der Waals surface area contributed by atoms with Crippen molar-refractivity contribution in [1.82, 2.24) is 4.90 Å². The van der Waals surface area contributed by atoms with Gasteiger partial charge >= 0.3 is 5.97 Å². The molecule has 0 aromatic heterocycles. The first-order valence-corrected chi connectivity index (χ1v) is 11.0. The summed E-state index contributed by atoms with van der Waals surface area (Å²) in [6.45, 7) is 3.40. The number of rotatable bonds is 9. The van der Waals surface area contributed by atoms with Gasteiger partial charge in [-0.05, 0) is 67.1 Å². The summed E-state index contributed by atoms with van der Waals surface area (Å²) in [6.07, 6.45) is 1.53. The first kappa shape index (κ1) is 24.8. The van der Waals surface area contributed by atoms with E-state index >= 15 is 0 Å². The second kappa shape index (κ2) is 10.8. The molecule has 0 bridgehead atoms. The normalized spacial score (nSPS) is 15.4. The molecule has 2 amide bonds. The third kappa shape index (κ3) is 5.54. The quantitative estimate of drug-likeness (QED) is 0.222. The summed E-state index contributed by atoms with van der Waals surface area (Å²) in [5.74, 6) is -0.396. The summed E-state index contributed by atoms with van der Waals surface area (Å²) in [7, 11) is 1.47. The minimum atomic E-state index is -1.02. The number of carbonyl (C=O) groups is 3. The topological polar surface area (TPSA) is 125 Å². The van der Waals surface area contributed by atoms with Gasteiger partial charge in [0, 0.05) is 12.1 Å². The summed E-state index contributed by atoms with van der Waals surface area (Å²) in [6, 6.07) is 9.97. The number of non-ortho nitro benzene ring substituents is 1. The van der Waals surface area contributed by atoms with Crippen LogP contribution in [0.25, 0.3) is 6.08 Å². The summed E-state index contributed by atoms with van der Waals surface area (Å²) in [5.41, 5.74) is 1.32. The Kier molecular flexibility index (Phi) is 7.90. The summed E-state index contributed by atoms with van der Waals surface area (Å²) in [5, 5.41) is 10.2. The number of benzene rings is 2. The van der Waals surface area contributed by atoms with Crippen molar-refractivity contribution >= 4 is 40.6 Å². The fourth-order valence-corrected chi connectivity index (χ4v) is 4.01. The van der Waals surface area contributed by atoms with Gasteiger partial charge in [0.2, 0.25) is 0 Å². The van der Waals surface area contributed by atoms with Crippen LogP contribution in [0.2, 0.25) is 0 Å². The lowest BCUT2D eigenvalue weighted by atomic mass is 10.1. The van der Waals surface area contributed by atoms with E-state index in [9.17, 15) is 24.5 Å². The van der Waals surface area contributed by atoms with Gasteiger partial charge in [-0.1, -0.05) is 6.07 Å². The number of carbonyl (C=O) groups excluding carboxylic acids is 3. The highest BCUT2D eigenvalue weighted by Gasteiger charge is 2.41. The molecule has 1 atom stereocenters. The molecule has 1 saturated heterocycles. The molecule has 178 valence electrons. The minimum Gasteiger partial charge on any atom is -0.493 e. The van der Waals surface area contributed by atoms with E-state index in [1.54, 1.807) is 37.3 Å². The monoisotopic (exact) mass is 486 g/mol. The zero-order chi connectivity index (χ0) is 24.8. The van der Waals surface area contributed by atoms with Crippen LogP contribution >= 0.6 is 11.8 Å². The summed E-state index contributed by atoms with van der Waals surface area (Å²) >= 11 is 0.740. The lowest BCUT2D eigenvalue weighted by molar-refractivity contribution is -0.384. The van der Waals surface area contributed by atoms with Crippen molar-refractivity contribution in [3.8, 4) is 11.5 Å². The molecular weight excluding hydrogens is 464 g/mol. The van der Waals surface area contributed by atoms with Crippen molar-refractivity contribution in [3.05, 3.63) is 68.6 Å². The van der Waals surface area contributed by atoms with Crippen molar-refractivity contribution in [2.75, 3.05) is 13.7 Å². The van der Waals surface area contributed by atoms with Crippen LogP contribution in [0.5, 0.6) is 11.5 Å². The Labute approximate surface area is 199 Å². The number of hydrogen-bond acceptors (Lipinski definition) is 9. The largest absolute Gasteiger partial charge is 0.493 e. The van der Waals surface area contributed by atoms with Crippen molar-refractivity contribution in [3.63, 3.8) is 0 Å². The summed E-state index contributed by atoms with van der Waals surface area (Å²) < 4.78 is 16.1. The number of esters is 1. The molecule has 0 saturated carbocycles. The molecule has 1 aliphatic rings. The maximum absolute atomic E-state index is 12.7. The van der Waals surface area contributed by atoms with E-state index in [-0.39, 0.29) is 23.8 Å². The Morgan fingerprint density at radius 3 is 2.50 bits per heavy atom. The number of nitro groups is 1. The molecule has 3 rings (SSSR count). The highest BCUT2D eigenvalue weighted by Crippen LogP contribution is 2.36. The van der Waals surface area contributed by atoms with Crippen LogP contribution in [0.15, 0.2) is 47.4 Å². The van der Waals surface area contributed by atoms with Crippen molar-refractivity contribution in [2.45, 2.75) is 26.5 Å². The maximum Gasteiger partial charge on any atom is 0.329 e. The van der Waals surface area contributed by atoms with Crippen LogP contribution in [0.4, 0.5) is 10.5 Å². The number of thioether (sulfide) groups is 1. The van der Waals surface area contributed by atoms with Gasteiger partial charge in [-0.15, -0.1) is 0 Å². The second-order valence-electron chi connectivity index (χ2n) is 7.10. The van der Waals surface area contributed by atoms with Gasteiger partial charge in [-0.25, -0.2) is 4.79 Å². The zero-order valence-corrected chi connectivity index (χ0v) is 19.5. The number of hydrogen-bond donors (Lipinski definition) is 0. The number of ether oxygens (including phenoxy) is 3. The van der Waals surface area contributed by atoms with Gasteiger partial charge in [0.25, 0.3) is 16.8 Å². The van der Waals surface area contributed by atoms with Gasteiger partial charge in [0.1, 0.15) is 12.6 Å². The van der Waals surface area contributed by atoms with E-state index < -0.39 is 28.1 Å². The standard InChI is InChI=1S/C23H22N2O8S/c1-4-32-22(27)14(2)24-21(26)20(34-23(24)28)12-16-7-10-18(19(11-16)31-3)33-13-15-5-8-17(9-6-15)25(29)30/h5-12,14H,4,13H2,1-3H3/b20-12-/t14-/m0/s1. The minimum absolute atomic E-state index is 0.00764. The van der Waals surface area contributed by atoms with Crippen LogP contribution in [0.1, 0.15) is 25.0 Å². The molecule has 2 aromatic rings. The SMILES string of the molecule is CCOC(=O)[C@H](C)N1C(=O)S/C(=C\c2ccc(OCc3ccc([N+](=O)[O-])cc3)c(OC)c2)C1=O. The molecule has 34 heavy (non-hydrogen) atoms. The number of nitro benzene ring substituents is 1. The summed E-state index contributed by atoms with van der Waals surface area (Å²) in [4.78, 5) is 48.4. The van der Waals surface area contributed by atoms with E-state index in [0.29, 0.717) is 17.1 Å². The molecule has 1 heterocycles. The maximum atomic E-state index is 12.7. The lowest BCUT2D eigenvalue weighted by Gasteiger charge is -2.19. The van der Waals surface area contributed by atoms with E-state index in [4.69, 9.17) is 14.2 Å². The van der Waals surface area contributed by atoms with E-state index in [2.05, 4.69) is 0 Å². The van der Waals surface area contributed by atoms with Gasteiger partial charge < -0.3 is 14.2 Å². The molecule has 2 aromatic carbocycles. The number of imide groups is 1. The highest BCUT2D eigenvalue weighted by molar-refractivity contribution is 8.18. The average molecular weight is 487 g/mol. The smallest absolute Gasteiger partial charge is 0.329 e. The molecule has 1 aliphatic heterocycles. The fourth-order valence-electron chi connectivity index (χ4n) is 3.10. The molecule has 0 radical (unpaired) electrons. The zero-order valence-electron chi connectivity index (χ0n) is 18.7. The van der Waals surface area contributed by atoms with E-state index in [0.717, 1.165) is 22.2 Å². The molecule has 11 heteroatoms.